The van der Waals surface area contributed by atoms with Gasteiger partial charge in [0, 0.05) is 0 Å². The van der Waals surface area contributed by atoms with Crippen LogP contribution in [0.15, 0.2) is 35.8 Å². The van der Waals surface area contributed by atoms with Gasteiger partial charge in [-0.05, 0) is 31.6 Å². The van der Waals surface area contributed by atoms with Gasteiger partial charge in [0.1, 0.15) is 0 Å². The summed E-state index contributed by atoms with van der Waals surface area (Å²) in [4.78, 5) is 0. The number of hydrogen-bond acceptors (Lipinski definition) is 0. The highest BCUT2D eigenvalue weighted by Gasteiger charge is 1.81. The first-order valence-corrected chi connectivity index (χ1v) is 4.08. The Morgan fingerprint density at radius 1 is 1.55 bits per heavy atom. The fourth-order valence-electron chi connectivity index (χ4n) is 0.758. The minimum Gasteiger partial charge on any atom is -0.0810 e. The normalized spacial score (nSPS) is 10.2. The lowest BCUT2D eigenvalue weighted by atomic mass is 10.2. The van der Waals surface area contributed by atoms with Gasteiger partial charge in [-0.15, -0.1) is 0 Å². The molecule has 0 aromatic carbocycles. The molecular weight excluding hydrogens is 132 g/mol. The van der Waals surface area contributed by atoms with E-state index in [2.05, 4.69) is 38.0 Å². The van der Waals surface area contributed by atoms with Crippen LogP contribution in [0.4, 0.5) is 0 Å². The Morgan fingerprint density at radius 3 is 2.82 bits per heavy atom. The van der Waals surface area contributed by atoms with E-state index in [-0.39, 0.29) is 0 Å². The molecule has 0 saturated heterocycles. The summed E-state index contributed by atoms with van der Waals surface area (Å²) < 4.78 is 0. The maximum Gasteiger partial charge on any atom is -0.00894 e. The molecular formula is C11H16. The first kappa shape index (κ1) is 10.0. The van der Waals surface area contributed by atoms with Gasteiger partial charge in [0.05, 0.1) is 0 Å². The first-order valence-electron chi connectivity index (χ1n) is 4.08. The van der Waals surface area contributed by atoms with Crippen molar-refractivity contribution in [3.05, 3.63) is 35.8 Å². The van der Waals surface area contributed by atoms with E-state index in [1.807, 2.05) is 6.08 Å². The zero-order valence-electron chi connectivity index (χ0n) is 7.48. The van der Waals surface area contributed by atoms with Crippen LogP contribution in [0.1, 0.15) is 33.1 Å². The molecule has 0 amide bonds. The van der Waals surface area contributed by atoms with Crippen molar-refractivity contribution < 1.29 is 0 Å². The molecule has 0 aliphatic carbocycles. The molecule has 0 aliphatic heterocycles. The van der Waals surface area contributed by atoms with Crippen LogP contribution in [-0.2, 0) is 0 Å². The second-order valence-electron chi connectivity index (χ2n) is 2.56. The Labute approximate surface area is 69.6 Å². The van der Waals surface area contributed by atoms with Crippen molar-refractivity contribution in [1.29, 1.82) is 0 Å². The monoisotopic (exact) mass is 148 g/mol. The van der Waals surface area contributed by atoms with Gasteiger partial charge in [-0.25, -0.2) is 0 Å². The maximum absolute atomic E-state index is 3.43. The van der Waals surface area contributed by atoms with E-state index < -0.39 is 0 Å². The molecule has 0 radical (unpaired) electrons. The van der Waals surface area contributed by atoms with Crippen molar-refractivity contribution >= 4 is 0 Å². The van der Waals surface area contributed by atoms with E-state index in [9.17, 15) is 0 Å². The number of rotatable bonds is 4. The zero-order valence-corrected chi connectivity index (χ0v) is 7.48. The summed E-state index contributed by atoms with van der Waals surface area (Å²) in [5, 5.41) is 0. The molecule has 0 N–H and O–H groups in total. The van der Waals surface area contributed by atoms with Crippen LogP contribution in [0.3, 0.4) is 0 Å². The Morgan fingerprint density at radius 2 is 2.27 bits per heavy atom. The molecule has 0 bridgehead atoms. The molecule has 60 valence electrons. The smallest absolute Gasteiger partial charge is 0.00894 e. The van der Waals surface area contributed by atoms with Gasteiger partial charge < -0.3 is 0 Å². The third-order valence-electron chi connectivity index (χ3n) is 1.43. The predicted molar refractivity (Wildman–Crippen MR) is 50.5 cm³/mol. The molecule has 0 heteroatoms. The molecule has 0 atom stereocenters. The van der Waals surface area contributed by atoms with Gasteiger partial charge in [0.25, 0.3) is 0 Å². The van der Waals surface area contributed by atoms with E-state index in [1.165, 1.54) is 18.4 Å². The zero-order chi connectivity index (χ0) is 8.53. The predicted octanol–water partition coefficient (Wildman–Crippen LogP) is 3.62. The standard InChI is InChI=1S/C11H16/c1-4-6-8-10-11(3)9-7-5-2/h9-10H,2,4,6,8H2,1,3H3. The molecule has 0 spiro atoms. The van der Waals surface area contributed by atoms with Crippen LogP contribution in [0.2, 0.25) is 0 Å². The molecule has 0 aliphatic rings. The minimum atomic E-state index is 1.16. The van der Waals surface area contributed by atoms with Crippen LogP contribution >= 0.6 is 0 Å². The van der Waals surface area contributed by atoms with Gasteiger partial charge in [0.15, 0.2) is 0 Å². The summed E-state index contributed by atoms with van der Waals surface area (Å²) >= 11 is 0. The molecule has 0 saturated carbocycles. The van der Waals surface area contributed by atoms with Crippen molar-refractivity contribution in [2.75, 3.05) is 0 Å². The van der Waals surface area contributed by atoms with Gasteiger partial charge in [-0.1, -0.05) is 37.3 Å². The number of allylic oxidation sites excluding steroid dienone is 3. The lowest BCUT2D eigenvalue weighted by Gasteiger charge is -1.90. The number of unbranched alkanes of at least 4 members (excludes halogenated alkanes) is 2. The maximum atomic E-state index is 3.43. The van der Waals surface area contributed by atoms with Crippen LogP contribution in [0.5, 0.6) is 0 Å². The molecule has 11 heavy (non-hydrogen) atoms. The van der Waals surface area contributed by atoms with Crippen LogP contribution in [0.25, 0.3) is 0 Å². The third kappa shape index (κ3) is 6.93. The van der Waals surface area contributed by atoms with Crippen LogP contribution in [-0.4, -0.2) is 0 Å². The first-order chi connectivity index (χ1) is 5.31. The van der Waals surface area contributed by atoms with Crippen molar-refractivity contribution in [3.8, 4) is 0 Å². The van der Waals surface area contributed by atoms with Crippen molar-refractivity contribution in [1.82, 2.24) is 0 Å². The summed E-state index contributed by atoms with van der Waals surface area (Å²) in [5.41, 5.74) is 6.66. The molecule has 0 unspecified atom stereocenters. The minimum absolute atomic E-state index is 1.16. The quantitative estimate of drug-likeness (QED) is 0.324. The largest absolute Gasteiger partial charge is 0.0810 e. The molecule has 0 heterocycles. The van der Waals surface area contributed by atoms with Crippen molar-refractivity contribution in [2.24, 2.45) is 0 Å². The summed E-state index contributed by atoms with van der Waals surface area (Å²) in [7, 11) is 0. The fraction of sp³-hybridized carbons (Fsp3) is 0.455. The second-order valence-corrected chi connectivity index (χ2v) is 2.56. The second kappa shape index (κ2) is 7.15. The number of hydrogen-bond donors (Lipinski definition) is 0. The Bertz CT molecular complexity index is 196. The van der Waals surface area contributed by atoms with E-state index in [1.54, 1.807) is 0 Å². The average Bonchev–Trinajstić information content (AvgIpc) is 2.01. The highest BCUT2D eigenvalue weighted by molar-refractivity contribution is 5.14. The van der Waals surface area contributed by atoms with Crippen LogP contribution < -0.4 is 0 Å². The SMILES string of the molecule is C=C=C=CC(C)=CCCCC. The molecule has 0 rings (SSSR count). The van der Waals surface area contributed by atoms with Gasteiger partial charge in [0.2, 0.25) is 0 Å². The highest BCUT2D eigenvalue weighted by Crippen LogP contribution is 2.00. The van der Waals surface area contributed by atoms with Gasteiger partial charge in [-0.2, -0.15) is 0 Å². The Balaban J connectivity index is 3.81. The van der Waals surface area contributed by atoms with E-state index in [0.29, 0.717) is 0 Å². The lowest BCUT2D eigenvalue weighted by molar-refractivity contribution is 0.812. The molecule has 0 nitrogen and oxygen atoms in total. The van der Waals surface area contributed by atoms with Crippen LogP contribution in [0, 0.1) is 0 Å². The van der Waals surface area contributed by atoms with Gasteiger partial charge in [-0.3, -0.25) is 0 Å². The highest BCUT2D eigenvalue weighted by atomic mass is 13.9. The average molecular weight is 148 g/mol. The molecule has 0 fully saturated rings. The Hall–Kier alpha value is -0.960. The Kier molecular flexibility index (Phi) is 6.53. The van der Waals surface area contributed by atoms with Gasteiger partial charge >= 0.3 is 0 Å². The van der Waals surface area contributed by atoms with Crippen molar-refractivity contribution in [2.45, 2.75) is 33.1 Å². The molecule has 0 aromatic heterocycles. The fourth-order valence-corrected chi connectivity index (χ4v) is 0.758. The van der Waals surface area contributed by atoms with E-state index >= 15 is 0 Å². The lowest BCUT2D eigenvalue weighted by Crippen LogP contribution is -1.70. The summed E-state index contributed by atoms with van der Waals surface area (Å²) in [6.45, 7) is 7.70. The van der Waals surface area contributed by atoms with Crippen molar-refractivity contribution in [3.63, 3.8) is 0 Å². The van der Waals surface area contributed by atoms with E-state index in [0.717, 1.165) is 6.42 Å². The summed E-state index contributed by atoms with van der Waals surface area (Å²) in [6, 6.07) is 0. The molecule has 0 aromatic rings. The summed E-state index contributed by atoms with van der Waals surface area (Å²) in [6.07, 6.45) is 7.81. The topological polar surface area (TPSA) is 0 Å². The van der Waals surface area contributed by atoms with E-state index in [4.69, 9.17) is 0 Å². The summed E-state index contributed by atoms with van der Waals surface area (Å²) in [5.74, 6) is 0. The third-order valence-corrected chi connectivity index (χ3v) is 1.43.